The summed E-state index contributed by atoms with van der Waals surface area (Å²) in [6.07, 6.45) is 0.214. The van der Waals surface area contributed by atoms with Crippen molar-refractivity contribution in [3.8, 4) is 0 Å². The van der Waals surface area contributed by atoms with Crippen LogP contribution in [0.2, 0.25) is 5.02 Å². The Hall–Kier alpha value is -2.05. The van der Waals surface area contributed by atoms with Gasteiger partial charge in [0, 0.05) is 17.8 Å². The molecule has 1 aliphatic rings. The summed E-state index contributed by atoms with van der Waals surface area (Å²) >= 11 is 5.92. The number of halogens is 1. The van der Waals surface area contributed by atoms with Crippen molar-refractivity contribution in [2.75, 3.05) is 16.7 Å². The minimum Gasteiger partial charge on any atom is -0.315 e. The lowest BCUT2D eigenvalue weighted by Crippen LogP contribution is -2.20. The monoisotopic (exact) mass is 350 g/mol. The molecule has 0 atom stereocenters. The van der Waals surface area contributed by atoms with Gasteiger partial charge < -0.3 is 4.90 Å². The molecule has 0 radical (unpaired) electrons. The highest BCUT2D eigenvalue weighted by Crippen LogP contribution is 2.31. The summed E-state index contributed by atoms with van der Waals surface area (Å²) in [6.45, 7) is 1.80. The molecule has 1 heterocycles. The Morgan fingerprint density at radius 2 is 1.91 bits per heavy atom. The summed E-state index contributed by atoms with van der Waals surface area (Å²) in [5.41, 5.74) is 2.66. The van der Waals surface area contributed by atoms with E-state index in [-0.39, 0.29) is 17.2 Å². The molecule has 0 saturated heterocycles. The SMILES string of the molecule is Cc1ccc(Cl)cc1NS(=O)(=O)c1ccc2c(c1)CC(=O)N2C. The number of anilines is 2. The Bertz CT molecular complexity index is 910. The molecule has 23 heavy (non-hydrogen) atoms. The van der Waals surface area contributed by atoms with Crippen molar-refractivity contribution >= 4 is 38.9 Å². The summed E-state index contributed by atoms with van der Waals surface area (Å²) in [5.74, 6) is -0.0480. The van der Waals surface area contributed by atoms with Crippen molar-refractivity contribution in [1.29, 1.82) is 0 Å². The minimum atomic E-state index is -3.75. The van der Waals surface area contributed by atoms with Crippen molar-refractivity contribution < 1.29 is 13.2 Å². The Morgan fingerprint density at radius 1 is 1.17 bits per heavy atom. The van der Waals surface area contributed by atoms with Crippen LogP contribution in [-0.2, 0) is 21.2 Å². The third-order valence-electron chi connectivity index (χ3n) is 3.88. The summed E-state index contributed by atoms with van der Waals surface area (Å²) in [5, 5.41) is 0.453. The van der Waals surface area contributed by atoms with E-state index in [0.29, 0.717) is 16.3 Å². The number of benzene rings is 2. The number of carbonyl (C=O) groups excluding carboxylic acids is 1. The minimum absolute atomic E-state index is 0.0480. The molecule has 0 unspecified atom stereocenters. The van der Waals surface area contributed by atoms with Crippen LogP contribution in [0, 0.1) is 6.92 Å². The first-order chi connectivity index (χ1) is 10.8. The molecule has 1 aliphatic heterocycles. The van der Waals surface area contributed by atoms with Crippen LogP contribution < -0.4 is 9.62 Å². The predicted octanol–water partition coefficient (Wildman–Crippen LogP) is 2.97. The van der Waals surface area contributed by atoms with Crippen LogP contribution >= 0.6 is 11.6 Å². The fraction of sp³-hybridized carbons (Fsp3) is 0.188. The van der Waals surface area contributed by atoms with E-state index in [1.54, 1.807) is 44.3 Å². The van der Waals surface area contributed by atoms with Gasteiger partial charge >= 0.3 is 0 Å². The number of carbonyl (C=O) groups is 1. The summed E-state index contributed by atoms with van der Waals surface area (Å²) in [4.78, 5) is 13.4. The molecule has 1 N–H and O–H groups in total. The lowest BCUT2D eigenvalue weighted by Gasteiger charge is -2.13. The average Bonchev–Trinajstić information content (AvgIpc) is 2.77. The zero-order valence-electron chi connectivity index (χ0n) is 12.6. The Labute approximate surface area is 139 Å². The summed E-state index contributed by atoms with van der Waals surface area (Å²) in [6, 6.07) is 9.70. The number of fused-ring (bicyclic) bond motifs is 1. The van der Waals surface area contributed by atoms with Crippen molar-refractivity contribution in [3.05, 3.63) is 52.5 Å². The summed E-state index contributed by atoms with van der Waals surface area (Å²) < 4.78 is 27.7. The second-order valence-electron chi connectivity index (χ2n) is 5.48. The third-order valence-corrected chi connectivity index (χ3v) is 5.48. The molecule has 0 aliphatic carbocycles. The van der Waals surface area contributed by atoms with Gasteiger partial charge in [0.15, 0.2) is 0 Å². The van der Waals surface area contributed by atoms with Gasteiger partial charge in [-0.05, 0) is 48.4 Å². The molecule has 0 bridgehead atoms. The third kappa shape index (κ3) is 2.92. The molecule has 0 fully saturated rings. The van der Waals surface area contributed by atoms with Crippen molar-refractivity contribution in [1.82, 2.24) is 0 Å². The van der Waals surface area contributed by atoms with Crippen LogP contribution in [0.5, 0.6) is 0 Å². The van der Waals surface area contributed by atoms with Gasteiger partial charge in [-0.15, -0.1) is 0 Å². The molecule has 0 saturated carbocycles. The van der Waals surface area contributed by atoms with Crippen LogP contribution in [0.4, 0.5) is 11.4 Å². The number of sulfonamides is 1. The van der Waals surface area contributed by atoms with E-state index in [2.05, 4.69) is 4.72 Å². The first-order valence-electron chi connectivity index (χ1n) is 6.96. The number of hydrogen-bond acceptors (Lipinski definition) is 3. The molecule has 3 rings (SSSR count). The van der Waals surface area contributed by atoms with Crippen LogP contribution in [0.25, 0.3) is 0 Å². The number of aryl methyl sites for hydroxylation is 1. The van der Waals surface area contributed by atoms with Crippen LogP contribution in [0.15, 0.2) is 41.3 Å². The molecule has 0 aromatic heterocycles. The van der Waals surface area contributed by atoms with Crippen molar-refractivity contribution in [2.45, 2.75) is 18.2 Å². The maximum absolute atomic E-state index is 12.6. The van der Waals surface area contributed by atoms with Crippen molar-refractivity contribution in [2.24, 2.45) is 0 Å². The lowest BCUT2D eigenvalue weighted by atomic mass is 10.2. The van der Waals surface area contributed by atoms with Gasteiger partial charge in [0.2, 0.25) is 5.91 Å². The van der Waals surface area contributed by atoms with E-state index in [4.69, 9.17) is 11.6 Å². The van der Waals surface area contributed by atoms with E-state index < -0.39 is 10.0 Å². The van der Waals surface area contributed by atoms with Gasteiger partial charge in [0.25, 0.3) is 10.0 Å². The molecule has 1 amide bonds. The Balaban J connectivity index is 1.97. The van der Waals surface area contributed by atoms with Gasteiger partial charge in [-0.25, -0.2) is 8.42 Å². The number of hydrogen-bond donors (Lipinski definition) is 1. The highest BCUT2D eigenvalue weighted by molar-refractivity contribution is 7.92. The molecule has 7 heteroatoms. The average molecular weight is 351 g/mol. The number of amides is 1. The first-order valence-corrected chi connectivity index (χ1v) is 8.82. The van der Waals surface area contributed by atoms with Crippen LogP contribution in [0.3, 0.4) is 0 Å². The topological polar surface area (TPSA) is 66.5 Å². The predicted molar refractivity (Wildman–Crippen MR) is 90.6 cm³/mol. The zero-order valence-corrected chi connectivity index (χ0v) is 14.2. The van der Waals surface area contributed by atoms with E-state index in [1.165, 1.54) is 11.0 Å². The molecular formula is C16H15ClN2O3S. The number of nitrogens with zero attached hydrogens (tertiary/aromatic N) is 1. The van der Waals surface area contributed by atoms with Gasteiger partial charge in [-0.2, -0.15) is 0 Å². The number of likely N-dealkylation sites (N-methyl/N-ethyl adjacent to an activating group) is 1. The maximum atomic E-state index is 12.6. The van der Waals surface area contributed by atoms with E-state index in [1.807, 2.05) is 0 Å². The molecule has 0 spiro atoms. The highest BCUT2D eigenvalue weighted by atomic mass is 35.5. The second-order valence-corrected chi connectivity index (χ2v) is 7.60. The molecule has 5 nitrogen and oxygen atoms in total. The Kier molecular flexibility index (Phi) is 3.82. The smallest absolute Gasteiger partial charge is 0.261 e. The zero-order chi connectivity index (χ0) is 16.8. The van der Waals surface area contributed by atoms with Gasteiger partial charge in [-0.1, -0.05) is 17.7 Å². The molecule has 2 aromatic rings. The fourth-order valence-electron chi connectivity index (χ4n) is 2.52. The standard InChI is InChI=1S/C16H15ClN2O3S/c1-10-3-4-12(17)9-14(10)18-23(21,22)13-5-6-15-11(7-13)8-16(20)19(15)2/h3-7,9,18H,8H2,1-2H3. The van der Waals surface area contributed by atoms with Gasteiger partial charge in [0.05, 0.1) is 17.0 Å². The maximum Gasteiger partial charge on any atom is 0.261 e. The van der Waals surface area contributed by atoms with Crippen LogP contribution in [0.1, 0.15) is 11.1 Å². The first kappa shape index (κ1) is 15.8. The molecule has 120 valence electrons. The quantitative estimate of drug-likeness (QED) is 0.925. The fourth-order valence-corrected chi connectivity index (χ4v) is 3.87. The van der Waals surface area contributed by atoms with E-state index in [0.717, 1.165) is 11.3 Å². The second kappa shape index (κ2) is 5.54. The molecule has 2 aromatic carbocycles. The number of nitrogens with one attached hydrogen (secondary N) is 1. The van der Waals surface area contributed by atoms with Crippen LogP contribution in [-0.4, -0.2) is 21.4 Å². The van der Waals surface area contributed by atoms with E-state index in [9.17, 15) is 13.2 Å². The van der Waals surface area contributed by atoms with Gasteiger partial charge in [-0.3, -0.25) is 9.52 Å². The lowest BCUT2D eigenvalue weighted by molar-refractivity contribution is -0.117. The largest absolute Gasteiger partial charge is 0.315 e. The van der Waals surface area contributed by atoms with Gasteiger partial charge in [0.1, 0.15) is 0 Å². The normalized spacial score (nSPS) is 14.0. The summed E-state index contributed by atoms with van der Waals surface area (Å²) in [7, 11) is -2.07. The highest BCUT2D eigenvalue weighted by Gasteiger charge is 2.26. The molecular weight excluding hydrogens is 336 g/mol. The number of rotatable bonds is 3. The van der Waals surface area contributed by atoms with Crippen molar-refractivity contribution in [3.63, 3.8) is 0 Å². The van der Waals surface area contributed by atoms with E-state index >= 15 is 0 Å². The Morgan fingerprint density at radius 3 is 2.65 bits per heavy atom.